The zero-order chi connectivity index (χ0) is 14.3. The molecule has 0 spiro atoms. The molecule has 1 aromatic carbocycles. The number of rotatable bonds is 6. The van der Waals surface area contributed by atoms with E-state index in [1.165, 1.54) is 18.9 Å². The van der Waals surface area contributed by atoms with Crippen molar-refractivity contribution in [3.05, 3.63) is 23.8 Å². The van der Waals surface area contributed by atoms with Crippen LogP contribution >= 0.6 is 23.5 Å². The first-order valence-corrected chi connectivity index (χ1v) is 7.97. The minimum absolute atomic E-state index is 0.177. The Morgan fingerprint density at radius 3 is 2.58 bits per heavy atom. The van der Waals surface area contributed by atoms with Crippen LogP contribution in [0.4, 0.5) is 0 Å². The third-order valence-corrected chi connectivity index (χ3v) is 4.75. The first-order valence-electron chi connectivity index (χ1n) is 6.00. The quantitative estimate of drug-likeness (QED) is 0.593. The molecular weight excluding hydrogens is 278 g/mol. The van der Waals surface area contributed by atoms with E-state index in [0.29, 0.717) is 11.3 Å². The van der Waals surface area contributed by atoms with Crippen molar-refractivity contribution in [2.45, 2.75) is 23.6 Å². The van der Waals surface area contributed by atoms with Gasteiger partial charge >= 0.3 is 5.97 Å². The molecular formula is C14H17NO2S2. The highest BCUT2D eigenvalue weighted by atomic mass is 32.2. The van der Waals surface area contributed by atoms with Gasteiger partial charge in [0.05, 0.1) is 18.6 Å². The monoisotopic (exact) mass is 295 g/mol. The molecule has 5 heteroatoms. The topological polar surface area (TPSA) is 50.1 Å². The summed E-state index contributed by atoms with van der Waals surface area (Å²) >= 11 is 3.19. The van der Waals surface area contributed by atoms with Crippen molar-refractivity contribution >= 4 is 29.5 Å². The zero-order valence-corrected chi connectivity index (χ0v) is 12.9. The second-order valence-corrected chi connectivity index (χ2v) is 6.28. The third-order valence-electron chi connectivity index (χ3n) is 2.49. The van der Waals surface area contributed by atoms with Gasteiger partial charge in [0.1, 0.15) is 6.07 Å². The second kappa shape index (κ2) is 8.13. The van der Waals surface area contributed by atoms with E-state index >= 15 is 0 Å². The molecule has 3 nitrogen and oxygen atoms in total. The van der Waals surface area contributed by atoms with Gasteiger partial charge < -0.3 is 4.74 Å². The average Bonchev–Trinajstić information content (AvgIpc) is 2.44. The Labute approximate surface area is 122 Å². The van der Waals surface area contributed by atoms with Crippen LogP contribution in [0.1, 0.15) is 19.4 Å². The van der Waals surface area contributed by atoms with Crippen LogP contribution in [-0.2, 0) is 9.53 Å². The fourth-order valence-electron chi connectivity index (χ4n) is 1.50. The first-order chi connectivity index (χ1) is 9.13. The van der Waals surface area contributed by atoms with Crippen molar-refractivity contribution in [1.29, 1.82) is 5.26 Å². The Balaban J connectivity index is 2.81. The summed E-state index contributed by atoms with van der Waals surface area (Å²) < 4.78 is 4.70. The maximum atomic E-state index is 11.4. The normalized spacial score (nSPS) is 11.7. The van der Waals surface area contributed by atoms with Gasteiger partial charge in [-0.15, -0.1) is 23.5 Å². The predicted octanol–water partition coefficient (Wildman–Crippen LogP) is 3.57. The van der Waals surface area contributed by atoms with E-state index in [1.54, 1.807) is 11.8 Å². The van der Waals surface area contributed by atoms with Gasteiger partial charge in [0.15, 0.2) is 0 Å². The number of hydrogen-bond donors (Lipinski definition) is 0. The standard InChI is InChI=1S/C14H17NO2S2/c1-4-18-12-6-5-7-13(11(12)8-15)19-9-10(2)14(16)17-3/h5-7,10H,4,9H2,1-3H3. The molecule has 1 rings (SSSR count). The number of carbonyl (C=O) groups is 1. The van der Waals surface area contributed by atoms with E-state index in [4.69, 9.17) is 4.74 Å². The Morgan fingerprint density at radius 1 is 1.42 bits per heavy atom. The molecule has 0 aromatic heterocycles. The van der Waals surface area contributed by atoms with Crippen LogP contribution in [0.2, 0.25) is 0 Å². The highest BCUT2D eigenvalue weighted by Gasteiger charge is 2.15. The largest absolute Gasteiger partial charge is 0.469 e. The smallest absolute Gasteiger partial charge is 0.309 e. The summed E-state index contributed by atoms with van der Waals surface area (Å²) in [6.45, 7) is 3.89. The molecule has 0 aliphatic heterocycles. The lowest BCUT2D eigenvalue weighted by Gasteiger charge is -2.11. The van der Waals surface area contributed by atoms with Crippen LogP contribution < -0.4 is 0 Å². The van der Waals surface area contributed by atoms with Crippen LogP contribution in [0.5, 0.6) is 0 Å². The van der Waals surface area contributed by atoms with E-state index in [9.17, 15) is 10.1 Å². The van der Waals surface area contributed by atoms with Crippen LogP contribution in [0.25, 0.3) is 0 Å². The summed E-state index contributed by atoms with van der Waals surface area (Å²) in [6, 6.07) is 8.09. The van der Waals surface area contributed by atoms with Gasteiger partial charge in [-0.1, -0.05) is 19.9 Å². The average molecular weight is 295 g/mol. The van der Waals surface area contributed by atoms with Crippen LogP contribution in [0, 0.1) is 17.2 Å². The van der Waals surface area contributed by atoms with Crippen molar-refractivity contribution < 1.29 is 9.53 Å². The summed E-state index contributed by atoms with van der Waals surface area (Å²) in [5.41, 5.74) is 0.705. The zero-order valence-electron chi connectivity index (χ0n) is 11.3. The van der Waals surface area contributed by atoms with Gasteiger partial charge in [0, 0.05) is 15.5 Å². The summed E-state index contributed by atoms with van der Waals surface area (Å²) in [5, 5.41) is 9.28. The van der Waals surface area contributed by atoms with Gasteiger partial charge in [0.2, 0.25) is 0 Å². The summed E-state index contributed by atoms with van der Waals surface area (Å²) in [5.74, 6) is 1.15. The van der Waals surface area contributed by atoms with Crippen LogP contribution in [0.3, 0.4) is 0 Å². The minimum Gasteiger partial charge on any atom is -0.469 e. The van der Waals surface area contributed by atoms with Crippen molar-refractivity contribution in [2.24, 2.45) is 5.92 Å². The number of ether oxygens (including phenoxy) is 1. The molecule has 0 heterocycles. The molecule has 0 saturated heterocycles. The molecule has 0 saturated carbocycles. The molecule has 1 unspecified atom stereocenters. The second-order valence-electron chi connectivity index (χ2n) is 3.91. The van der Waals surface area contributed by atoms with Gasteiger partial charge in [-0.2, -0.15) is 5.26 Å². The van der Waals surface area contributed by atoms with Gasteiger partial charge in [-0.05, 0) is 17.9 Å². The number of thioether (sulfide) groups is 2. The van der Waals surface area contributed by atoms with Crippen LogP contribution in [-0.4, -0.2) is 24.6 Å². The number of nitriles is 1. The Kier molecular flexibility index (Phi) is 6.82. The number of benzene rings is 1. The lowest BCUT2D eigenvalue weighted by molar-refractivity contribution is -0.143. The fourth-order valence-corrected chi connectivity index (χ4v) is 3.39. The van der Waals surface area contributed by atoms with E-state index < -0.39 is 0 Å². The van der Waals surface area contributed by atoms with E-state index in [2.05, 4.69) is 13.0 Å². The van der Waals surface area contributed by atoms with E-state index in [-0.39, 0.29) is 11.9 Å². The SMILES string of the molecule is CCSc1cccc(SCC(C)C(=O)OC)c1C#N. The Hall–Kier alpha value is -1.12. The maximum Gasteiger partial charge on any atom is 0.309 e. The predicted molar refractivity (Wildman–Crippen MR) is 79.5 cm³/mol. The van der Waals surface area contributed by atoms with Crippen molar-refractivity contribution in [3.63, 3.8) is 0 Å². The molecule has 0 N–H and O–H groups in total. The molecule has 1 atom stereocenters. The van der Waals surface area contributed by atoms with E-state index in [1.807, 2.05) is 25.1 Å². The van der Waals surface area contributed by atoms with Crippen molar-refractivity contribution in [2.75, 3.05) is 18.6 Å². The van der Waals surface area contributed by atoms with Gasteiger partial charge in [-0.3, -0.25) is 4.79 Å². The molecule has 0 aliphatic rings. The molecule has 19 heavy (non-hydrogen) atoms. The number of esters is 1. The molecule has 0 bridgehead atoms. The Morgan fingerprint density at radius 2 is 2.05 bits per heavy atom. The summed E-state index contributed by atoms with van der Waals surface area (Å²) in [6.07, 6.45) is 0. The highest BCUT2D eigenvalue weighted by Crippen LogP contribution is 2.31. The number of hydrogen-bond acceptors (Lipinski definition) is 5. The molecule has 102 valence electrons. The fraction of sp³-hybridized carbons (Fsp3) is 0.429. The van der Waals surface area contributed by atoms with Gasteiger partial charge in [-0.25, -0.2) is 0 Å². The number of carbonyl (C=O) groups excluding carboxylic acids is 1. The third kappa shape index (κ3) is 4.48. The molecule has 1 aromatic rings. The molecule has 0 amide bonds. The van der Waals surface area contributed by atoms with E-state index in [0.717, 1.165) is 15.5 Å². The lowest BCUT2D eigenvalue weighted by Crippen LogP contribution is -2.14. The van der Waals surface area contributed by atoms with Crippen molar-refractivity contribution in [1.82, 2.24) is 0 Å². The summed E-state index contributed by atoms with van der Waals surface area (Å²) in [4.78, 5) is 13.3. The Bertz CT molecular complexity index is 483. The van der Waals surface area contributed by atoms with Crippen LogP contribution in [0.15, 0.2) is 28.0 Å². The molecule has 0 aliphatic carbocycles. The molecule has 0 fully saturated rings. The lowest BCUT2D eigenvalue weighted by atomic mass is 10.2. The van der Waals surface area contributed by atoms with Gasteiger partial charge in [0.25, 0.3) is 0 Å². The summed E-state index contributed by atoms with van der Waals surface area (Å²) in [7, 11) is 1.39. The number of nitrogens with zero attached hydrogens (tertiary/aromatic N) is 1. The minimum atomic E-state index is -0.218. The first kappa shape index (κ1) is 15.9. The number of methoxy groups -OCH3 is 1. The molecule has 0 radical (unpaired) electrons. The highest BCUT2D eigenvalue weighted by molar-refractivity contribution is 8.00. The van der Waals surface area contributed by atoms with Crippen molar-refractivity contribution in [3.8, 4) is 6.07 Å². The maximum absolute atomic E-state index is 11.4.